The molecule has 0 aliphatic rings. The van der Waals surface area contributed by atoms with Crippen molar-refractivity contribution >= 4 is 32.1 Å². The van der Waals surface area contributed by atoms with E-state index in [0.29, 0.717) is 16.7 Å². The van der Waals surface area contributed by atoms with Crippen LogP contribution < -0.4 is 4.18 Å². The van der Waals surface area contributed by atoms with Gasteiger partial charge in [-0.25, -0.2) is 0 Å². The molecule has 0 aliphatic carbocycles. The van der Waals surface area contributed by atoms with Crippen molar-refractivity contribution in [3.8, 4) is 34.1 Å². The van der Waals surface area contributed by atoms with Crippen molar-refractivity contribution < 1.29 is 56.5 Å². The molecule has 228 valence electrons. The molecule has 0 radical (unpaired) electrons. The number of nitriles is 1. The third-order valence-corrected chi connectivity index (χ3v) is 7.94. The number of hydrogen-bond acceptors (Lipinski definition) is 5. The number of furan rings is 1. The number of nitrogens with zero attached hydrogens (tertiary/aromatic N) is 1. The summed E-state index contributed by atoms with van der Waals surface area (Å²) in [6, 6.07) is 22.3. The fourth-order valence-electron chi connectivity index (χ4n) is 4.33. The molecule has 0 bridgehead atoms. The van der Waals surface area contributed by atoms with Crippen molar-refractivity contribution in [1.29, 1.82) is 5.26 Å². The zero-order valence-corrected chi connectivity index (χ0v) is 22.3. The molecule has 15 heteroatoms. The zero-order chi connectivity index (χ0) is 32.3. The molecule has 0 spiro atoms. The monoisotopic (exact) mass is 643 g/mol. The average molecular weight is 643 g/mol. The predicted molar refractivity (Wildman–Crippen MR) is 140 cm³/mol. The Morgan fingerprint density at radius 3 is 1.77 bits per heavy atom. The number of rotatable bonds is 7. The molecule has 0 unspecified atom stereocenters. The van der Waals surface area contributed by atoms with Gasteiger partial charge in [-0.3, -0.25) is 0 Å². The lowest BCUT2D eigenvalue weighted by Crippen LogP contribution is -2.63. The van der Waals surface area contributed by atoms with Crippen molar-refractivity contribution in [3.63, 3.8) is 0 Å². The van der Waals surface area contributed by atoms with Crippen LogP contribution in [-0.2, 0) is 10.1 Å². The van der Waals surface area contributed by atoms with Crippen LogP contribution in [0.3, 0.4) is 0 Å². The molecular weight excluding hydrogens is 629 g/mol. The molecule has 0 atom stereocenters. The third-order valence-electron chi connectivity index (χ3n) is 6.67. The van der Waals surface area contributed by atoms with Crippen LogP contribution in [0.5, 0.6) is 5.75 Å². The maximum Gasteiger partial charge on any atom is 0.460 e. The second kappa shape index (κ2) is 10.2. The van der Waals surface area contributed by atoms with E-state index in [2.05, 4.69) is 4.18 Å². The molecule has 0 amide bonds. The van der Waals surface area contributed by atoms with Gasteiger partial charge in [0.05, 0.1) is 11.6 Å². The second-order valence-electron chi connectivity index (χ2n) is 9.38. The van der Waals surface area contributed by atoms with Crippen molar-refractivity contribution in [3.05, 3.63) is 90.5 Å². The van der Waals surface area contributed by atoms with Crippen molar-refractivity contribution in [2.24, 2.45) is 0 Å². The largest absolute Gasteiger partial charge is 0.460 e. The lowest BCUT2D eigenvalue weighted by molar-refractivity contribution is -0.382. The van der Waals surface area contributed by atoms with E-state index in [0.717, 1.165) is 6.07 Å². The van der Waals surface area contributed by atoms with Crippen molar-refractivity contribution in [1.82, 2.24) is 0 Å². The lowest BCUT2D eigenvalue weighted by Gasteiger charge is -2.32. The summed E-state index contributed by atoms with van der Waals surface area (Å²) in [6.45, 7) is 0. The van der Waals surface area contributed by atoms with Gasteiger partial charge in [-0.2, -0.15) is 53.2 Å². The van der Waals surface area contributed by atoms with Gasteiger partial charge in [0.25, 0.3) is 0 Å². The fraction of sp³-hybridized carbons (Fsp3) is 0.138. The maximum atomic E-state index is 14.6. The normalized spacial score (nSPS) is 13.3. The van der Waals surface area contributed by atoms with Gasteiger partial charge in [0, 0.05) is 16.3 Å². The Hall–Kier alpha value is -4.71. The summed E-state index contributed by atoms with van der Waals surface area (Å²) in [4.78, 5) is 0. The van der Waals surface area contributed by atoms with Gasteiger partial charge in [-0.1, -0.05) is 54.6 Å². The Morgan fingerprint density at radius 2 is 1.20 bits per heavy atom. The number of para-hydroxylation sites is 1. The van der Waals surface area contributed by atoms with Crippen LogP contribution in [0.4, 0.5) is 39.5 Å². The summed E-state index contributed by atoms with van der Waals surface area (Å²) in [6.07, 6.45) is -7.24. The van der Waals surface area contributed by atoms with Gasteiger partial charge in [-0.05, 0) is 47.0 Å². The van der Waals surface area contributed by atoms with E-state index in [1.54, 1.807) is 12.1 Å². The number of alkyl halides is 9. The van der Waals surface area contributed by atoms with Gasteiger partial charge in [0.15, 0.2) is 11.3 Å². The van der Waals surface area contributed by atoms with E-state index in [1.165, 1.54) is 66.7 Å². The van der Waals surface area contributed by atoms with Crippen LogP contribution in [0.1, 0.15) is 5.56 Å². The molecule has 5 rings (SSSR count). The minimum atomic E-state index is -7.48. The first-order valence-electron chi connectivity index (χ1n) is 12.1. The smallest absolute Gasteiger partial charge is 0.452 e. The molecule has 0 saturated carbocycles. The molecule has 0 fully saturated rings. The van der Waals surface area contributed by atoms with Crippen LogP contribution in [0, 0.1) is 11.3 Å². The molecule has 1 heterocycles. The average Bonchev–Trinajstić information content (AvgIpc) is 3.36. The number of fused-ring (bicyclic) bond motifs is 3. The number of benzene rings is 4. The highest BCUT2D eigenvalue weighted by Gasteiger charge is 2.86. The summed E-state index contributed by atoms with van der Waals surface area (Å²) in [5.41, 5.74) is 0.708. The Kier molecular flexibility index (Phi) is 7.12. The fourth-order valence-corrected chi connectivity index (χ4v) is 5.27. The van der Waals surface area contributed by atoms with Crippen LogP contribution in [-0.4, -0.2) is 31.7 Å². The molecule has 5 nitrogen and oxygen atoms in total. The van der Waals surface area contributed by atoms with E-state index in [4.69, 9.17) is 9.68 Å². The highest BCUT2D eigenvalue weighted by molar-refractivity contribution is 7.88. The summed E-state index contributed by atoms with van der Waals surface area (Å²) >= 11 is 0. The third kappa shape index (κ3) is 4.69. The SMILES string of the molecule is N#Cc1ccc(-c2ccc(-c3ccc4c(oc5ccccc54)c3OS(=O)(=O)C(F)(F)C(F)(F)C(F)(F)C(F)(F)F)cc2)cc1. The Bertz CT molecular complexity index is 2030. The van der Waals surface area contributed by atoms with E-state index in [-0.39, 0.29) is 27.5 Å². The quantitative estimate of drug-likeness (QED) is 0.131. The second-order valence-corrected chi connectivity index (χ2v) is 11.0. The zero-order valence-electron chi connectivity index (χ0n) is 21.5. The molecule has 0 saturated heterocycles. The van der Waals surface area contributed by atoms with E-state index in [1.807, 2.05) is 6.07 Å². The van der Waals surface area contributed by atoms with Crippen LogP contribution in [0.2, 0.25) is 0 Å². The molecule has 1 aromatic heterocycles. The van der Waals surface area contributed by atoms with Gasteiger partial charge in [0.1, 0.15) is 5.58 Å². The summed E-state index contributed by atoms with van der Waals surface area (Å²) in [5.74, 6) is -16.1. The number of halogens is 9. The van der Waals surface area contributed by atoms with E-state index >= 15 is 0 Å². The van der Waals surface area contributed by atoms with E-state index in [9.17, 15) is 47.9 Å². The Balaban J connectivity index is 1.66. The topological polar surface area (TPSA) is 80.3 Å². The lowest BCUT2D eigenvalue weighted by atomic mass is 9.98. The molecular formula is C29H14F9NO4S. The van der Waals surface area contributed by atoms with Crippen molar-refractivity contribution in [2.45, 2.75) is 23.3 Å². The summed E-state index contributed by atoms with van der Waals surface area (Å²) < 4.78 is 157. The number of hydrogen-bond donors (Lipinski definition) is 0. The molecule has 0 aliphatic heterocycles. The minimum absolute atomic E-state index is 0.0273. The highest BCUT2D eigenvalue weighted by atomic mass is 32.2. The molecule has 4 aromatic carbocycles. The Morgan fingerprint density at radius 1 is 0.659 bits per heavy atom. The predicted octanol–water partition coefficient (Wildman–Crippen LogP) is 8.93. The summed E-state index contributed by atoms with van der Waals surface area (Å²) in [7, 11) is -7.28. The van der Waals surface area contributed by atoms with Crippen molar-refractivity contribution in [2.75, 3.05) is 0 Å². The van der Waals surface area contributed by atoms with Crippen LogP contribution in [0.15, 0.2) is 89.3 Å². The van der Waals surface area contributed by atoms with Gasteiger partial charge in [-0.15, -0.1) is 0 Å². The van der Waals surface area contributed by atoms with Crippen LogP contribution in [0.25, 0.3) is 44.2 Å². The van der Waals surface area contributed by atoms with E-state index < -0.39 is 44.7 Å². The minimum Gasteiger partial charge on any atom is -0.452 e. The maximum absolute atomic E-state index is 14.6. The first-order chi connectivity index (χ1) is 20.4. The first kappa shape index (κ1) is 30.7. The van der Waals surface area contributed by atoms with Gasteiger partial charge < -0.3 is 8.60 Å². The Labute approximate surface area is 241 Å². The van der Waals surface area contributed by atoms with Crippen LogP contribution >= 0.6 is 0 Å². The first-order valence-corrected chi connectivity index (χ1v) is 13.5. The molecule has 5 aromatic rings. The van der Waals surface area contributed by atoms with Gasteiger partial charge in [0.2, 0.25) is 0 Å². The molecule has 0 N–H and O–H groups in total. The van der Waals surface area contributed by atoms with Gasteiger partial charge >= 0.3 is 33.4 Å². The standard InChI is InChI=1S/C29H14F9NO4S/c30-26(31,28(34,35)36)27(32,33)29(37,38)44(40,41)43-25-20(13-14-22-21-3-1-2-4-23(21)42-24(22)25)19-11-9-18(10-12-19)17-7-5-16(15-39)6-8-17/h1-14H. The summed E-state index contributed by atoms with van der Waals surface area (Å²) in [5, 5.41) is 2.21. The highest BCUT2D eigenvalue weighted by Crippen LogP contribution is 2.55. The molecule has 44 heavy (non-hydrogen) atoms.